The van der Waals surface area contributed by atoms with Crippen LogP contribution in [-0.4, -0.2) is 42.9 Å². The first-order valence-corrected chi connectivity index (χ1v) is 8.23. The number of aliphatic hydroxyl groups excluding tert-OH is 1. The number of ether oxygens (including phenoxy) is 1. The molecule has 0 aromatic heterocycles. The molecule has 1 aliphatic carbocycles. The second kappa shape index (κ2) is 6.47. The van der Waals surface area contributed by atoms with Crippen LogP contribution in [0.4, 0.5) is 0 Å². The van der Waals surface area contributed by atoms with E-state index in [0.717, 1.165) is 45.4 Å². The van der Waals surface area contributed by atoms with Crippen LogP contribution in [0.5, 0.6) is 0 Å². The smallest absolute Gasteiger partial charge is 0.0541 e. The van der Waals surface area contributed by atoms with Gasteiger partial charge in [0.2, 0.25) is 0 Å². The van der Waals surface area contributed by atoms with Crippen molar-refractivity contribution in [3.63, 3.8) is 0 Å². The van der Waals surface area contributed by atoms with E-state index in [4.69, 9.17) is 4.74 Å². The zero-order valence-corrected chi connectivity index (χ0v) is 13.0. The fourth-order valence-corrected chi connectivity index (χ4v) is 4.01. The summed E-state index contributed by atoms with van der Waals surface area (Å²) < 4.78 is 5.53. The Balaban J connectivity index is 1.81. The summed E-state index contributed by atoms with van der Waals surface area (Å²) in [5, 5.41) is 9.92. The highest BCUT2D eigenvalue weighted by Crippen LogP contribution is 2.42. The number of aliphatic hydroxyl groups is 1. The molecule has 0 bridgehead atoms. The number of hydrogen-bond acceptors (Lipinski definition) is 3. The van der Waals surface area contributed by atoms with Crippen molar-refractivity contribution in [2.45, 2.75) is 43.7 Å². The molecule has 0 spiro atoms. The Bertz CT molecular complexity index is 434. The van der Waals surface area contributed by atoms with Gasteiger partial charge >= 0.3 is 0 Å². The van der Waals surface area contributed by atoms with Crippen molar-refractivity contribution in [2.24, 2.45) is 5.92 Å². The van der Waals surface area contributed by atoms with Gasteiger partial charge in [0.1, 0.15) is 0 Å². The van der Waals surface area contributed by atoms with Crippen LogP contribution in [0.1, 0.15) is 37.7 Å². The monoisotopic (exact) mass is 289 g/mol. The Hall–Kier alpha value is -0.900. The van der Waals surface area contributed by atoms with Crippen molar-refractivity contribution in [3.8, 4) is 0 Å². The minimum atomic E-state index is -0.120. The summed E-state index contributed by atoms with van der Waals surface area (Å²) in [5.74, 6) is 0.655. The third kappa shape index (κ3) is 3.15. The minimum absolute atomic E-state index is 0.0864. The van der Waals surface area contributed by atoms with Crippen LogP contribution in [0.2, 0.25) is 0 Å². The molecule has 0 radical (unpaired) electrons. The van der Waals surface area contributed by atoms with Gasteiger partial charge < -0.3 is 9.84 Å². The third-order valence-electron chi connectivity index (χ3n) is 5.38. The van der Waals surface area contributed by atoms with Crippen LogP contribution < -0.4 is 0 Å². The molecule has 1 aromatic carbocycles. The molecule has 1 N–H and O–H groups in total. The highest BCUT2D eigenvalue weighted by atomic mass is 16.5. The van der Waals surface area contributed by atoms with Crippen LogP contribution >= 0.6 is 0 Å². The first-order valence-electron chi connectivity index (χ1n) is 8.23. The number of rotatable bonds is 4. The molecule has 1 saturated heterocycles. The summed E-state index contributed by atoms with van der Waals surface area (Å²) in [6.45, 7) is 2.90. The molecule has 1 aromatic rings. The van der Waals surface area contributed by atoms with E-state index in [9.17, 15) is 5.11 Å². The molecule has 0 amide bonds. The molecular weight excluding hydrogens is 262 g/mol. The second-order valence-corrected chi connectivity index (χ2v) is 6.74. The van der Waals surface area contributed by atoms with Gasteiger partial charge in [0.25, 0.3) is 0 Å². The largest absolute Gasteiger partial charge is 0.393 e. The molecule has 1 unspecified atom stereocenters. The summed E-state index contributed by atoms with van der Waals surface area (Å²) in [4.78, 5) is 2.54. The zero-order valence-electron chi connectivity index (χ0n) is 13.0. The summed E-state index contributed by atoms with van der Waals surface area (Å²) in [5.41, 5.74) is 1.49. The van der Waals surface area contributed by atoms with E-state index in [1.165, 1.54) is 12.0 Å². The molecule has 1 aliphatic heterocycles. The Labute approximate surface area is 127 Å². The van der Waals surface area contributed by atoms with Crippen molar-refractivity contribution in [3.05, 3.63) is 35.9 Å². The topological polar surface area (TPSA) is 32.7 Å². The summed E-state index contributed by atoms with van der Waals surface area (Å²) in [6.07, 6.45) is 4.95. The molecule has 1 heterocycles. The number of hydrogen-bond donors (Lipinski definition) is 1. The zero-order chi connectivity index (χ0) is 14.7. The number of benzene rings is 1. The maximum atomic E-state index is 9.92. The van der Waals surface area contributed by atoms with E-state index < -0.39 is 0 Å². The molecule has 1 atom stereocenters. The normalized spacial score (nSPS) is 33.5. The van der Waals surface area contributed by atoms with Crippen molar-refractivity contribution >= 4 is 0 Å². The highest BCUT2D eigenvalue weighted by molar-refractivity contribution is 5.25. The average Bonchev–Trinajstić information content (AvgIpc) is 3.02. The van der Waals surface area contributed by atoms with E-state index in [1.54, 1.807) is 0 Å². The number of nitrogens with zero attached hydrogens (tertiary/aromatic N) is 1. The lowest BCUT2D eigenvalue weighted by Crippen LogP contribution is -2.49. The summed E-state index contributed by atoms with van der Waals surface area (Å²) >= 11 is 0. The fourth-order valence-electron chi connectivity index (χ4n) is 4.01. The van der Waals surface area contributed by atoms with Gasteiger partial charge in [-0.25, -0.2) is 0 Å². The molecule has 116 valence electrons. The molecule has 3 heteroatoms. The van der Waals surface area contributed by atoms with Gasteiger partial charge in [-0.3, -0.25) is 4.90 Å². The lowest BCUT2D eigenvalue weighted by atomic mass is 9.74. The maximum absolute atomic E-state index is 9.92. The van der Waals surface area contributed by atoms with Gasteiger partial charge in [-0.05, 0) is 50.6 Å². The van der Waals surface area contributed by atoms with E-state index in [1.807, 2.05) is 0 Å². The first kappa shape index (κ1) is 15.0. The predicted molar refractivity (Wildman–Crippen MR) is 84.2 cm³/mol. The highest BCUT2D eigenvalue weighted by Gasteiger charge is 2.40. The van der Waals surface area contributed by atoms with E-state index in [2.05, 4.69) is 42.3 Å². The van der Waals surface area contributed by atoms with Gasteiger partial charge in [-0.15, -0.1) is 0 Å². The van der Waals surface area contributed by atoms with E-state index >= 15 is 0 Å². The first-order chi connectivity index (χ1) is 10.2. The minimum Gasteiger partial charge on any atom is -0.393 e. The molecule has 1 saturated carbocycles. The van der Waals surface area contributed by atoms with Gasteiger partial charge in [0, 0.05) is 18.7 Å². The molecule has 2 fully saturated rings. The predicted octanol–water partition coefficient (Wildman–Crippen LogP) is 2.79. The lowest BCUT2D eigenvalue weighted by molar-refractivity contribution is 0.00892. The van der Waals surface area contributed by atoms with Crippen molar-refractivity contribution in [1.29, 1.82) is 0 Å². The van der Waals surface area contributed by atoms with Crippen LogP contribution in [0.3, 0.4) is 0 Å². The Morgan fingerprint density at radius 2 is 1.90 bits per heavy atom. The van der Waals surface area contributed by atoms with Gasteiger partial charge in [-0.2, -0.15) is 0 Å². The quantitative estimate of drug-likeness (QED) is 0.925. The van der Waals surface area contributed by atoms with E-state index in [0.29, 0.717) is 5.92 Å². The molecule has 3 nitrogen and oxygen atoms in total. The maximum Gasteiger partial charge on any atom is 0.0541 e. The van der Waals surface area contributed by atoms with Crippen molar-refractivity contribution < 1.29 is 9.84 Å². The second-order valence-electron chi connectivity index (χ2n) is 6.74. The third-order valence-corrected chi connectivity index (χ3v) is 5.38. The SMILES string of the molecule is CN(CC1CCOC1)C1(c2ccccc2)CCC(O)CC1. The van der Waals surface area contributed by atoms with Crippen molar-refractivity contribution in [1.82, 2.24) is 4.90 Å². The fraction of sp³-hybridized carbons (Fsp3) is 0.667. The van der Waals surface area contributed by atoms with Gasteiger partial charge in [-0.1, -0.05) is 30.3 Å². The van der Waals surface area contributed by atoms with Crippen LogP contribution in [-0.2, 0) is 10.3 Å². The van der Waals surface area contributed by atoms with Gasteiger partial charge in [0.05, 0.1) is 12.7 Å². The van der Waals surface area contributed by atoms with Crippen molar-refractivity contribution in [2.75, 3.05) is 26.8 Å². The molecule has 21 heavy (non-hydrogen) atoms. The Kier molecular flexibility index (Phi) is 4.63. The molecule has 2 aliphatic rings. The molecule has 3 rings (SSSR count). The standard InChI is InChI=1S/C18H27NO2/c1-19(13-15-9-12-21-14-15)18(10-7-17(20)8-11-18)16-5-3-2-4-6-16/h2-6,15,17,20H,7-14H2,1H3. The van der Waals surface area contributed by atoms with E-state index in [-0.39, 0.29) is 11.6 Å². The molecular formula is C18H27NO2. The van der Waals surface area contributed by atoms with Crippen LogP contribution in [0.25, 0.3) is 0 Å². The summed E-state index contributed by atoms with van der Waals surface area (Å²) in [7, 11) is 2.25. The van der Waals surface area contributed by atoms with Crippen LogP contribution in [0, 0.1) is 5.92 Å². The van der Waals surface area contributed by atoms with Gasteiger partial charge in [0.15, 0.2) is 0 Å². The Morgan fingerprint density at radius 1 is 1.19 bits per heavy atom. The van der Waals surface area contributed by atoms with Crippen LogP contribution in [0.15, 0.2) is 30.3 Å². The Morgan fingerprint density at radius 3 is 2.52 bits per heavy atom. The average molecular weight is 289 g/mol. The lowest BCUT2D eigenvalue weighted by Gasteiger charge is -2.47. The summed E-state index contributed by atoms with van der Waals surface area (Å²) in [6, 6.07) is 10.8.